The van der Waals surface area contributed by atoms with Crippen LogP contribution in [0.15, 0.2) is 24.3 Å². The Hall–Kier alpha value is 1.14. The standard InChI is InChI=1S/C12H20O2.3ClH.Hf/c1-4-5-10-12(13-2,14-3)11-8-6-7-9-11;;;;/h6-9,11H,4-5,10H2,1-3H3;3*1H;/q;;;;+3/p-3. The van der Waals surface area contributed by atoms with Gasteiger partial charge in [0, 0.05) is 26.6 Å². The summed E-state index contributed by atoms with van der Waals surface area (Å²) in [6, 6.07) is 0. The molecule has 0 fully saturated rings. The van der Waals surface area contributed by atoms with Gasteiger partial charge in [-0.25, -0.2) is 0 Å². The molecule has 0 aromatic heterocycles. The van der Waals surface area contributed by atoms with Crippen molar-refractivity contribution < 1.29 is 27.4 Å². The average molecular weight is 481 g/mol. The van der Waals surface area contributed by atoms with Gasteiger partial charge < -0.3 is 9.47 Å². The van der Waals surface area contributed by atoms with Gasteiger partial charge in [-0.1, -0.05) is 37.6 Å². The number of halogens is 3. The Morgan fingerprint density at radius 1 is 1.11 bits per heavy atom. The van der Waals surface area contributed by atoms with E-state index in [1.807, 2.05) is 12.2 Å². The van der Waals surface area contributed by atoms with E-state index in [-0.39, 0.29) is 5.92 Å². The zero-order valence-corrected chi connectivity index (χ0v) is 16.8. The van der Waals surface area contributed by atoms with Crippen LogP contribution < -0.4 is 0 Å². The fraction of sp³-hybridized carbons (Fsp3) is 0.667. The molecular weight excluding hydrogens is 461 g/mol. The molecule has 0 N–H and O–H groups in total. The van der Waals surface area contributed by atoms with E-state index in [0.717, 1.165) is 19.3 Å². The van der Waals surface area contributed by atoms with Crippen molar-refractivity contribution in [2.24, 2.45) is 5.92 Å². The molecule has 1 aliphatic rings. The van der Waals surface area contributed by atoms with Crippen molar-refractivity contribution in [1.82, 2.24) is 0 Å². The van der Waals surface area contributed by atoms with Gasteiger partial charge in [0.15, 0.2) is 5.79 Å². The Bertz CT molecular complexity index is 251. The first-order chi connectivity index (χ1) is 8.52. The number of methoxy groups -OCH3 is 2. The van der Waals surface area contributed by atoms with Gasteiger partial charge in [0.1, 0.15) is 0 Å². The third kappa shape index (κ3) is 7.06. The molecule has 0 bridgehead atoms. The predicted molar refractivity (Wildman–Crippen MR) is 75.6 cm³/mol. The minimum atomic E-state index is -2.24. The van der Waals surface area contributed by atoms with E-state index in [1.165, 1.54) is 0 Å². The summed E-state index contributed by atoms with van der Waals surface area (Å²) < 4.78 is 11.1. The van der Waals surface area contributed by atoms with Gasteiger partial charge in [-0.05, 0) is 6.42 Å². The normalized spacial score (nSPS) is 14.6. The summed E-state index contributed by atoms with van der Waals surface area (Å²) >= 11 is -2.24. The van der Waals surface area contributed by atoms with Crippen LogP contribution in [0.1, 0.15) is 26.2 Å². The van der Waals surface area contributed by atoms with Crippen LogP contribution in [0.25, 0.3) is 0 Å². The van der Waals surface area contributed by atoms with E-state index in [0.29, 0.717) is 0 Å². The molecule has 2 nitrogen and oxygen atoms in total. The van der Waals surface area contributed by atoms with Crippen LogP contribution >= 0.6 is 25.7 Å². The monoisotopic (exact) mass is 481 g/mol. The van der Waals surface area contributed by atoms with Gasteiger partial charge >= 0.3 is 43.6 Å². The van der Waals surface area contributed by atoms with Gasteiger partial charge in [-0.15, -0.1) is 0 Å². The van der Waals surface area contributed by atoms with Crippen molar-refractivity contribution in [3.05, 3.63) is 24.3 Å². The van der Waals surface area contributed by atoms with Crippen LogP contribution in [-0.4, -0.2) is 20.0 Å². The molecule has 0 atom stereocenters. The molecule has 0 amide bonds. The van der Waals surface area contributed by atoms with E-state index >= 15 is 0 Å². The van der Waals surface area contributed by atoms with Crippen molar-refractivity contribution >= 4 is 25.7 Å². The molecule has 105 valence electrons. The molecule has 1 aliphatic carbocycles. The van der Waals surface area contributed by atoms with Gasteiger partial charge in [-0.3, -0.25) is 0 Å². The van der Waals surface area contributed by atoms with Crippen molar-refractivity contribution in [2.45, 2.75) is 32.0 Å². The molecule has 0 aliphatic heterocycles. The third-order valence-electron chi connectivity index (χ3n) is 2.83. The van der Waals surface area contributed by atoms with Crippen molar-refractivity contribution in [3.63, 3.8) is 0 Å². The summed E-state index contributed by atoms with van der Waals surface area (Å²) in [5, 5.41) is 0. The summed E-state index contributed by atoms with van der Waals surface area (Å²) in [4.78, 5) is 0. The molecule has 0 saturated heterocycles. The summed E-state index contributed by atoms with van der Waals surface area (Å²) in [5.74, 6) is -0.205. The van der Waals surface area contributed by atoms with E-state index < -0.39 is 23.7 Å². The summed E-state index contributed by atoms with van der Waals surface area (Å²) in [5.41, 5.74) is 0. The maximum absolute atomic E-state index is 5.55. The molecule has 1 rings (SSSR count). The molecule has 0 unspecified atom stereocenters. The molecular formula is C12H20Cl3HfO2. The Morgan fingerprint density at radius 2 is 1.56 bits per heavy atom. The van der Waals surface area contributed by atoms with Gasteiger partial charge in [-0.2, -0.15) is 0 Å². The molecule has 0 spiro atoms. The second kappa shape index (κ2) is 10.9. The Balaban J connectivity index is 0.000000631. The van der Waals surface area contributed by atoms with Gasteiger partial charge in [0.2, 0.25) is 0 Å². The SMILES string of the molecule is CCCCC(OC)(OC)C1C=CC=C1.[Cl][Hf]([Cl])[Cl]. The first-order valence-electron chi connectivity index (χ1n) is 5.81. The number of hydrogen-bond acceptors (Lipinski definition) is 2. The first-order valence-corrected chi connectivity index (χ1v) is 19.2. The number of rotatable bonds is 6. The van der Waals surface area contributed by atoms with Crippen molar-refractivity contribution in [3.8, 4) is 0 Å². The fourth-order valence-electron chi connectivity index (χ4n) is 1.87. The van der Waals surface area contributed by atoms with Crippen LogP contribution in [0.3, 0.4) is 0 Å². The summed E-state index contributed by atoms with van der Waals surface area (Å²) in [6.07, 6.45) is 11.6. The second-order valence-electron chi connectivity index (χ2n) is 3.83. The molecule has 18 heavy (non-hydrogen) atoms. The topological polar surface area (TPSA) is 18.5 Å². The van der Waals surface area contributed by atoms with Crippen molar-refractivity contribution in [2.75, 3.05) is 14.2 Å². The van der Waals surface area contributed by atoms with Crippen LogP contribution in [0.4, 0.5) is 0 Å². The quantitative estimate of drug-likeness (QED) is 0.394. The molecule has 6 heteroatoms. The first kappa shape index (κ1) is 19.1. The number of unbranched alkanes of at least 4 members (excludes halogenated alkanes) is 1. The summed E-state index contributed by atoms with van der Waals surface area (Å²) in [7, 11) is 18.5. The zero-order valence-electron chi connectivity index (χ0n) is 11.0. The Labute approximate surface area is 129 Å². The maximum atomic E-state index is 5.55. The fourth-order valence-corrected chi connectivity index (χ4v) is 1.87. The van der Waals surface area contributed by atoms with E-state index in [4.69, 9.17) is 35.2 Å². The number of hydrogen-bond donors (Lipinski definition) is 0. The van der Waals surface area contributed by atoms with Crippen LogP contribution in [-0.2, 0) is 27.4 Å². The number of allylic oxidation sites excluding steroid dienone is 2. The van der Waals surface area contributed by atoms with Gasteiger partial charge in [0.25, 0.3) is 0 Å². The second-order valence-corrected chi connectivity index (χ2v) is 19.4. The van der Waals surface area contributed by atoms with E-state index in [1.54, 1.807) is 14.2 Å². The predicted octanol–water partition coefficient (Wildman–Crippen LogP) is 4.97. The Kier molecular flexibility index (Phi) is 11.6. The summed E-state index contributed by atoms with van der Waals surface area (Å²) in [6.45, 7) is 2.18. The minimum absolute atomic E-state index is 0.254. The van der Waals surface area contributed by atoms with E-state index in [9.17, 15) is 0 Å². The van der Waals surface area contributed by atoms with Crippen molar-refractivity contribution in [1.29, 1.82) is 0 Å². The third-order valence-corrected chi connectivity index (χ3v) is 2.83. The molecule has 0 heterocycles. The molecule has 0 aromatic carbocycles. The average Bonchev–Trinajstić information content (AvgIpc) is 2.85. The number of ether oxygens (including phenoxy) is 2. The molecule has 0 radical (unpaired) electrons. The van der Waals surface area contributed by atoms with Crippen LogP contribution in [0.2, 0.25) is 0 Å². The van der Waals surface area contributed by atoms with E-state index in [2.05, 4.69) is 19.1 Å². The van der Waals surface area contributed by atoms with Crippen LogP contribution in [0.5, 0.6) is 0 Å². The zero-order chi connectivity index (χ0) is 14.0. The molecule has 0 saturated carbocycles. The van der Waals surface area contributed by atoms with Gasteiger partial charge in [0.05, 0.1) is 0 Å². The van der Waals surface area contributed by atoms with Crippen LogP contribution in [0, 0.1) is 5.92 Å². The Morgan fingerprint density at radius 3 is 1.89 bits per heavy atom. The molecule has 0 aromatic rings.